The zero-order valence-corrected chi connectivity index (χ0v) is 21.5. The lowest BCUT2D eigenvalue weighted by Crippen LogP contribution is -2.49. The fourth-order valence-electron chi connectivity index (χ4n) is 5.03. The van der Waals surface area contributed by atoms with Crippen molar-refractivity contribution < 1.29 is 9.59 Å². The van der Waals surface area contributed by atoms with Gasteiger partial charge in [-0.15, -0.1) is 0 Å². The third-order valence-corrected chi connectivity index (χ3v) is 7.10. The third kappa shape index (κ3) is 6.46. The fourth-order valence-corrected chi connectivity index (χ4v) is 5.03. The summed E-state index contributed by atoms with van der Waals surface area (Å²) in [7, 11) is 0. The van der Waals surface area contributed by atoms with E-state index in [0.29, 0.717) is 39.0 Å². The number of nitrogens with one attached hydrogen (secondary N) is 4. The van der Waals surface area contributed by atoms with Gasteiger partial charge in [0.15, 0.2) is 0 Å². The molecule has 4 aromatic rings. The maximum Gasteiger partial charge on any atom is 0.237 e. The molecule has 0 aliphatic carbocycles. The third-order valence-electron chi connectivity index (χ3n) is 7.10. The second kappa shape index (κ2) is 12.5. The van der Waals surface area contributed by atoms with Crippen molar-refractivity contribution >= 4 is 22.6 Å². The van der Waals surface area contributed by atoms with Crippen molar-refractivity contribution in [3.05, 3.63) is 119 Å². The topological polar surface area (TPSA) is 82.3 Å². The molecule has 1 aliphatic heterocycles. The van der Waals surface area contributed by atoms with Gasteiger partial charge in [0, 0.05) is 26.2 Å². The molecule has 6 heteroatoms. The van der Waals surface area contributed by atoms with E-state index in [0.717, 1.165) is 33.0 Å². The SMILES string of the molecule is O=C1NCCNC(=O)[C@@H](Cc2ccccc2)NCc2ccc(c3ccccc23)CN[C@H]1Cc1ccccc1. The summed E-state index contributed by atoms with van der Waals surface area (Å²) >= 11 is 0. The van der Waals surface area contributed by atoms with E-state index in [1.807, 2.05) is 72.8 Å². The largest absolute Gasteiger partial charge is 0.353 e. The highest BCUT2D eigenvalue weighted by Crippen LogP contribution is 2.23. The quantitative estimate of drug-likeness (QED) is 0.342. The normalized spacial score (nSPS) is 19.2. The lowest BCUT2D eigenvalue weighted by Gasteiger charge is -2.22. The molecule has 4 aromatic carbocycles. The van der Waals surface area contributed by atoms with Gasteiger partial charge in [0.25, 0.3) is 0 Å². The number of fused-ring (bicyclic) bond motifs is 6. The van der Waals surface area contributed by atoms with Gasteiger partial charge in [0.1, 0.15) is 0 Å². The Bertz CT molecular complexity index is 1270. The number of benzene rings is 4. The number of hydrogen-bond acceptors (Lipinski definition) is 4. The molecule has 2 atom stereocenters. The molecule has 5 rings (SSSR count). The predicted molar refractivity (Wildman–Crippen MR) is 152 cm³/mol. The van der Waals surface area contributed by atoms with Crippen LogP contribution in [0.15, 0.2) is 97.1 Å². The summed E-state index contributed by atoms with van der Waals surface area (Å²) in [6, 6.07) is 31.9. The van der Waals surface area contributed by atoms with Crippen LogP contribution in [-0.4, -0.2) is 37.0 Å². The van der Waals surface area contributed by atoms with Crippen molar-refractivity contribution in [2.75, 3.05) is 13.1 Å². The van der Waals surface area contributed by atoms with Crippen LogP contribution in [0.25, 0.3) is 10.8 Å². The van der Waals surface area contributed by atoms with Gasteiger partial charge in [-0.2, -0.15) is 0 Å². The first-order valence-corrected chi connectivity index (χ1v) is 13.3. The molecule has 0 saturated heterocycles. The Hall–Kier alpha value is -4.00. The van der Waals surface area contributed by atoms with Crippen LogP contribution >= 0.6 is 0 Å². The van der Waals surface area contributed by atoms with E-state index in [2.05, 4.69) is 45.5 Å². The number of carbonyl (C=O) groups is 2. The highest BCUT2D eigenvalue weighted by atomic mass is 16.2. The Labute approximate surface area is 223 Å². The average molecular weight is 507 g/mol. The van der Waals surface area contributed by atoms with Gasteiger partial charge in [-0.05, 0) is 45.9 Å². The molecule has 194 valence electrons. The molecule has 0 spiro atoms. The Morgan fingerprint density at radius 2 is 0.921 bits per heavy atom. The lowest BCUT2D eigenvalue weighted by atomic mass is 9.98. The number of amides is 2. The van der Waals surface area contributed by atoms with Gasteiger partial charge in [-0.3, -0.25) is 9.59 Å². The van der Waals surface area contributed by atoms with Crippen molar-refractivity contribution in [3.63, 3.8) is 0 Å². The monoisotopic (exact) mass is 506 g/mol. The summed E-state index contributed by atoms with van der Waals surface area (Å²) in [5, 5.41) is 15.3. The molecule has 1 heterocycles. The van der Waals surface area contributed by atoms with Gasteiger partial charge >= 0.3 is 0 Å². The highest BCUT2D eigenvalue weighted by molar-refractivity contribution is 5.89. The summed E-state index contributed by atoms with van der Waals surface area (Å²) in [5.74, 6) is -0.148. The Balaban J connectivity index is 1.43. The van der Waals surface area contributed by atoms with E-state index < -0.39 is 12.1 Å². The molecule has 0 saturated carbocycles. The van der Waals surface area contributed by atoms with Crippen molar-refractivity contribution in [3.8, 4) is 0 Å². The van der Waals surface area contributed by atoms with E-state index in [1.54, 1.807) is 0 Å². The van der Waals surface area contributed by atoms with Crippen LogP contribution < -0.4 is 21.3 Å². The van der Waals surface area contributed by atoms with Crippen molar-refractivity contribution in [2.24, 2.45) is 0 Å². The molecule has 0 fully saturated rings. The van der Waals surface area contributed by atoms with Crippen LogP contribution in [-0.2, 0) is 35.5 Å². The van der Waals surface area contributed by atoms with Crippen molar-refractivity contribution in [2.45, 2.75) is 38.0 Å². The molecule has 6 nitrogen and oxygen atoms in total. The van der Waals surface area contributed by atoms with Crippen LogP contribution in [0, 0.1) is 0 Å². The summed E-state index contributed by atoms with van der Waals surface area (Å²) in [6.45, 7) is 1.89. The maximum atomic E-state index is 13.2. The first-order valence-electron chi connectivity index (χ1n) is 13.3. The number of hydrogen-bond donors (Lipinski definition) is 4. The smallest absolute Gasteiger partial charge is 0.237 e. The van der Waals surface area contributed by atoms with E-state index in [-0.39, 0.29) is 11.8 Å². The molecular formula is C32H34N4O2. The molecule has 4 N–H and O–H groups in total. The van der Waals surface area contributed by atoms with E-state index in [4.69, 9.17) is 0 Å². The molecule has 0 aromatic heterocycles. The minimum absolute atomic E-state index is 0.0740. The molecule has 0 radical (unpaired) electrons. The molecular weight excluding hydrogens is 472 g/mol. The summed E-state index contributed by atoms with van der Waals surface area (Å²) in [5.41, 5.74) is 4.47. The summed E-state index contributed by atoms with van der Waals surface area (Å²) < 4.78 is 0. The Morgan fingerprint density at radius 3 is 1.34 bits per heavy atom. The summed E-state index contributed by atoms with van der Waals surface area (Å²) in [6.07, 6.45) is 1.16. The minimum atomic E-state index is -0.396. The van der Waals surface area contributed by atoms with Gasteiger partial charge in [0.2, 0.25) is 11.8 Å². The standard InChI is InChI=1S/C32H34N4O2/c37-31-29(19-23-9-3-1-4-10-23)35-21-25-15-16-26(28-14-8-7-13-27(25)28)22-36-30(32(38)34-18-17-33-31)20-24-11-5-2-6-12-24/h1-16,29-30,35-36H,17-22H2,(H,33,37)(H,34,38)/t29-,30+. The Kier molecular flexibility index (Phi) is 8.43. The maximum absolute atomic E-state index is 13.2. The molecule has 0 unspecified atom stereocenters. The van der Waals surface area contributed by atoms with Gasteiger partial charge in [-0.25, -0.2) is 0 Å². The zero-order chi connectivity index (χ0) is 26.2. The van der Waals surface area contributed by atoms with E-state index in [1.165, 1.54) is 0 Å². The van der Waals surface area contributed by atoms with Gasteiger partial charge in [-0.1, -0.05) is 97.1 Å². The van der Waals surface area contributed by atoms with E-state index >= 15 is 0 Å². The second-order valence-corrected chi connectivity index (χ2v) is 9.76. The minimum Gasteiger partial charge on any atom is -0.353 e. The van der Waals surface area contributed by atoms with Gasteiger partial charge < -0.3 is 21.3 Å². The second-order valence-electron chi connectivity index (χ2n) is 9.76. The highest BCUT2D eigenvalue weighted by Gasteiger charge is 2.22. The molecule has 2 bridgehead atoms. The van der Waals surface area contributed by atoms with Crippen LogP contribution in [0.5, 0.6) is 0 Å². The summed E-state index contributed by atoms with van der Waals surface area (Å²) in [4.78, 5) is 26.4. The van der Waals surface area contributed by atoms with Crippen LogP contribution in [0.2, 0.25) is 0 Å². The van der Waals surface area contributed by atoms with E-state index in [9.17, 15) is 9.59 Å². The average Bonchev–Trinajstić information content (AvgIpc) is 2.96. The molecule has 38 heavy (non-hydrogen) atoms. The van der Waals surface area contributed by atoms with Gasteiger partial charge in [0.05, 0.1) is 12.1 Å². The molecule has 1 aliphatic rings. The zero-order valence-electron chi connectivity index (χ0n) is 21.5. The van der Waals surface area contributed by atoms with Crippen LogP contribution in [0.1, 0.15) is 22.3 Å². The first-order chi connectivity index (χ1) is 18.7. The van der Waals surface area contributed by atoms with Crippen LogP contribution in [0.4, 0.5) is 0 Å². The Morgan fingerprint density at radius 1 is 0.526 bits per heavy atom. The fraction of sp³-hybridized carbons (Fsp3) is 0.250. The molecule has 2 amide bonds. The van der Waals surface area contributed by atoms with Crippen LogP contribution in [0.3, 0.4) is 0 Å². The number of carbonyl (C=O) groups excluding carboxylic acids is 2. The van der Waals surface area contributed by atoms with Crippen molar-refractivity contribution in [1.82, 2.24) is 21.3 Å². The first kappa shape index (κ1) is 25.6. The number of rotatable bonds is 4. The van der Waals surface area contributed by atoms with Crippen molar-refractivity contribution in [1.29, 1.82) is 0 Å². The predicted octanol–water partition coefficient (Wildman–Crippen LogP) is 3.49. The lowest BCUT2D eigenvalue weighted by molar-refractivity contribution is -0.125.